The number of Topliss-reactive ketones (excluding diaryl/α,β-unsaturated/α-hetero) is 1. The summed E-state index contributed by atoms with van der Waals surface area (Å²) in [5.74, 6) is -4.14. The number of amides is 2. The smallest absolute Gasteiger partial charge is 0.271 e. The summed E-state index contributed by atoms with van der Waals surface area (Å²) in [6.45, 7) is 0. The molecule has 3 aliphatic heterocycles. The van der Waals surface area contributed by atoms with Crippen molar-refractivity contribution in [2.24, 2.45) is 16.9 Å². The van der Waals surface area contributed by atoms with Crippen LogP contribution >= 0.6 is 0 Å². The Balaban J connectivity index is 1.60. The van der Waals surface area contributed by atoms with Crippen molar-refractivity contribution in [3.63, 3.8) is 0 Å². The molecule has 2 aromatic carbocycles. The van der Waals surface area contributed by atoms with Gasteiger partial charge in [-0.1, -0.05) is 18.2 Å². The van der Waals surface area contributed by atoms with Gasteiger partial charge in [-0.2, -0.15) is 5.10 Å². The molecule has 5 rings (SSSR count). The van der Waals surface area contributed by atoms with E-state index in [2.05, 4.69) is 5.10 Å². The fraction of sp³-hybridized carbons (Fsp3) is 0.217. The number of ketones is 1. The Hall–Kier alpha value is -4.94. The van der Waals surface area contributed by atoms with Crippen LogP contribution in [0.15, 0.2) is 59.7 Å². The van der Waals surface area contributed by atoms with Crippen molar-refractivity contribution in [2.75, 3.05) is 12.0 Å². The van der Waals surface area contributed by atoms with E-state index < -0.39 is 51.4 Å². The summed E-state index contributed by atoms with van der Waals surface area (Å²) in [6, 6.07) is 6.66. The number of rotatable bonds is 6. The second kappa shape index (κ2) is 8.37. The van der Waals surface area contributed by atoms with Crippen LogP contribution in [-0.2, 0) is 9.59 Å². The molecule has 0 N–H and O–H groups in total. The van der Waals surface area contributed by atoms with Gasteiger partial charge < -0.3 is 4.74 Å². The molecule has 182 valence electrons. The molecule has 4 atom stereocenters. The number of nitro benzene ring substituents is 2. The Morgan fingerprint density at radius 3 is 2.39 bits per heavy atom. The average molecular weight is 491 g/mol. The van der Waals surface area contributed by atoms with Crippen molar-refractivity contribution in [1.82, 2.24) is 5.01 Å². The maximum Gasteiger partial charge on any atom is 0.271 e. The first-order valence-corrected chi connectivity index (χ1v) is 10.7. The van der Waals surface area contributed by atoms with Gasteiger partial charge in [-0.05, 0) is 12.1 Å². The molecule has 36 heavy (non-hydrogen) atoms. The summed E-state index contributed by atoms with van der Waals surface area (Å²) >= 11 is 0. The predicted molar refractivity (Wildman–Crippen MR) is 124 cm³/mol. The van der Waals surface area contributed by atoms with Crippen molar-refractivity contribution >= 4 is 40.9 Å². The maximum absolute atomic E-state index is 13.7. The summed E-state index contributed by atoms with van der Waals surface area (Å²) in [7, 11) is 1.30. The molecular weight excluding hydrogens is 474 g/mol. The first-order chi connectivity index (χ1) is 17.2. The zero-order valence-electron chi connectivity index (χ0n) is 18.6. The van der Waals surface area contributed by atoms with Crippen LogP contribution in [0.1, 0.15) is 10.4 Å². The lowest BCUT2D eigenvalue weighted by atomic mass is 9.86. The number of anilines is 1. The number of nitro groups is 2. The first kappa shape index (κ1) is 22.8. The van der Waals surface area contributed by atoms with Gasteiger partial charge in [-0.3, -0.25) is 39.6 Å². The van der Waals surface area contributed by atoms with E-state index in [-0.39, 0.29) is 28.4 Å². The highest BCUT2D eigenvalue weighted by atomic mass is 16.6. The van der Waals surface area contributed by atoms with E-state index in [1.165, 1.54) is 48.7 Å². The van der Waals surface area contributed by atoms with Crippen molar-refractivity contribution in [3.05, 3.63) is 80.4 Å². The Kier molecular flexibility index (Phi) is 5.31. The largest absolute Gasteiger partial charge is 0.495 e. The molecule has 2 amide bonds. The molecule has 0 spiro atoms. The number of fused-ring (bicyclic) bond motifs is 3. The number of benzene rings is 2. The van der Waals surface area contributed by atoms with Crippen LogP contribution in [0.25, 0.3) is 0 Å². The minimum atomic E-state index is -1.23. The molecule has 3 heterocycles. The summed E-state index contributed by atoms with van der Waals surface area (Å²) in [5, 5.41) is 28.2. The normalized spacial score (nSPS) is 24.0. The molecule has 0 radical (unpaired) electrons. The molecule has 0 aliphatic carbocycles. The van der Waals surface area contributed by atoms with Crippen LogP contribution < -0.4 is 9.64 Å². The predicted octanol–water partition coefficient (Wildman–Crippen LogP) is 2.11. The van der Waals surface area contributed by atoms with Crippen LogP contribution in [-0.4, -0.2) is 57.9 Å². The maximum atomic E-state index is 13.7. The number of allylic oxidation sites excluding steroid dienone is 1. The van der Waals surface area contributed by atoms with E-state index in [0.717, 1.165) is 17.0 Å². The van der Waals surface area contributed by atoms with Crippen LogP contribution in [0, 0.1) is 32.1 Å². The Bertz CT molecular complexity index is 1400. The van der Waals surface area contributed by atoms with E-state index in [1.54, 1.807) is 12.2 Å². The number of hydrogen-bond donors (Lipinski definition) is 0. The third-order valence-electron chi connectivity index (χ3n) is 6.52. The Morgan fingerprint density at radius 1 is 1.00 bits per heavy atom. The number of hydrogen-bond acceptors (Lipinski definition) is 10. The zero-order chi connectivity index (χ0) is 25.7. The molecule has 2 fully saturated rings. The second-order valence-electron chi connectivity index (χ2n) is 8.31. The molecule has 0 aromatic heterocycles. The fourth-order valence-electron chi connectivity index (χ4n) is 4.98. The summed E-state index contributed by atoms with van der Waals surface area (Å²) in [4.78, 5) is 63.0. The molecule has 13 heteroatoms. The lowest BCUT2D eigenvalue weighted by Gasteiger charge is -2.30. The summed E-state index contributed by atoms with van der Waals surface area (Å²) < 4.78 is 5.25. The third kappa shape index (κ3) is 3.32. The number of carbonyl (C=O) groups excluding carboxylic acids is 3. The van der Waals surface area contributed by atoms with Gasteiger partial charge in [-0.15, -0.1) is 0 Å². The van der Waals surface area contributed by atoms with E-state index in [4.69, 9.17) is 4.74 Å². The number of carbonyl (C=O) groups is 3. The minimum Gasteiger partial charge on any atom is -0.495 e. The van der Waals surface area contributed by atoms with Crippen molar-refractivity contribution in [3.8, 4) is 5.75 Å². The standard InChI is InChI=1S/C23H17N5O8/c1-36-17-8-7-14(28(34)35)11-16(17)25-22(30)18-15-6-3-9-24-26(15)20(19(18)23(25)31)21(29)12-4-2-5-13(10-12)27(32)33/h2-11,15,18-20H,1H3/t15-,18-,19-,20+/m1/s1. The second-order valence-corrected chi connectivity index (χ2v) is 8.31. The van der Waals surface area contributed by atoms with Gasteiger partial charge in [0.1, 0.15) is 17.5 Å². The van der Waals surface area contributed by atoms with Crippen molar-refractivity contribution in [2.45, 2.75) is 12.1 Å². The van der Waals surface area contributed by atoms with Gasteiger partial charge in [0, 0.05) is 36.0 Å². The number of hydrazone groups is 1. The lowest BCUT2D eigenvalue weighted by Crippen LogP contribution is -2.46. The average Bonchev–Trinajstić information content (AvgIpc) is 3.35. The fourth-order valence-corrected chi connectivity index (χ4v) is 4.98. The van der Waals surface area contributed by atoms with E-state index in [0.29, 0.717) is 0 Å². The molecular formula is C23H17N5O8. The van der Waals surface area contributed by atoms with E-state index >= 15 is 0 Å². The number of nitrogens with zero attached hydrogens (tertiary/aromatic N) is 5. The van der Waals surface area contributed by atoms with Gasteiger partial charge in [-0.25, -0.2) is 4.90 Å². The van der Waals surface area contributed by atoms with Crippen LogP contribution in [0.3, 0.4) is 0 Å². The minimum absolute atomic E-state index is 0.00928. The van der Waals surface area contributed by atoms with Crippen molar-refractivity contribution in [1.29, 1.82) is 0 Å². The van der Waals surface area contributed by atoms with Gasteiger partial charge in [0.2, 0.25) is 11.8 Å². The SMILES string of the molecule is COc1ccc([N+](=O)[O-])cc1N1C(=O)[C@@H]2[C@H](C1=O)[C@H]1C=CC=NN1[C@@H]2C(=O)c1cccc([N+](=O)[O-])c1. The summed E-state index contributed by atoms with van der Waals surface area (Å²) in [6.07, 6.45) is 4.65. The number of imide groups is 1. The molecule has 3 aliphatic rings. The lowest BCUT2D eigenvalue weighted by molar-refractivity contribution is -0.385. The highest BCUT2D eigenvalue weighted by Gasteiger charge is 2.64. The quantitative estimate of drug-likeness (QED) is 0.254. The molecule has 2 aromatic rings. The van der Waals surface area contributed by atoms with E-state index in [9.17, 15) is 34.6 Å². The van der Waals surface area contributed by atoms with E-state index in [1.807, 2.05) is 0 Å². The zero-order valence-corrected chi connectivity index (χ0v) is 18.6. The van der Waals surface area contributed by atoms with Crippen molar-refractivity contribution < 1.29 is 29.0 Å². The Morgan fingerprint density at radius 2 is 1.69 bits per heavy atom. The molecule has 2 saturated heterocycles. The number of ether oxygens (including phenoxy) is 1. The molecule has 13 nitrogen and oxygen atoms in total. The van der Waals surface area contributed by atoms with Crippen LogP contribution in [0.5, 0.6) is 5.75 Å². The topological polar surface area (TPSA) is 166 Å². The van der Waals surface area contributed by atoms with Crippen LogP contribution in [0.2, 0.25) is 0 Å². The molecule has 0 unspecified atom stereocenters. The summed E-state index contributed by atoms with van der Waals surface area (Å²) in [5.41, 5.74) is -0.764. The monoisotopic (exact) mass is 491 g/mol. The first-order valence-electron chi connectivity index (χ1n) is 10.7. The number of non-ortho nitro benzene ring substituents is 2. The van der Waals surface area contributed by atoms with Gasteiger partial charge in [0.25, 0.3) is 11.4 Å². The highest BCUT2D eigenvalue weighted by Crippen LogP contribution is 2.48. The van der Waals surface area contributed by atoms with Crippen LogP contribution in [0.4, 0.5) is 17.1 Å². The third-order valence-corrected chi connectivity index (χ3v) is 6.52. The molecule has 0 saturated carbocycles. The highest BCUT2D eigenvalue weighted by molar-refractivity contribution is 6.25. The van der Waals surface area contributed by atoms with Gasteiger partial charge >= 0.3 is 0 Å². The molecule has 0 bridgehead atoms. The van der Waals surface area contributed by atoms with Gasteiger partial charge in [0.15, 0.2) is 5.78 Å². The Labute approximate surface area is 202 Å². The van der Waals surface area contributed by atoms with Gasteiger partial charge in [0.05, 0.1) is 34.8 Å². The number of methoxy groups -OCH3 is 1.